The maximum Gasteiger partial charge on any atom is 0.278 e. The molecule has 0 fully saturated rings. The van der Waals surface area contributed by atoms with Crippen LogP contribution in [0.5, 0.6) is 0 Å². The highest BCUT2D eigenvalue weighted by Gasteiger charge is 2.18. The minimum absolute atomic E-state index is 0.0394. The van der Waals surface area contributed by atoms with Crippen LogP contribution in [0.3, 0.4) is 0 Å². The lowest BCUT2D eigenvalue weighted by atomic mass is 10.2. The Balaban J connectivity index is 1.89. The third-order valence-electron chi connectivity index (χ3n) is 3.29. The van der Waals surface area contributed by atoms with Gasteiger partial charge in [0.25, 0.3) is 5.91 Å². The number of amides is 1. The van der Waals surface area contributed by atoms with Crippen molar-refractivity contribution in [3.63, 3.8) is 0 Å². The van der Waals surface area contributed by atoms with Crippen LogP contribution in [0.4, 0.5) is 14.5 Å². The van der Waals surface area contributed by atoms with Crippen LogP contribution in [0, 0.1) is 18.6 Å². The molecule has 5 nitrogen and oxygen atoms in total. The smallest absolute Gasteiger partial charge is 0.278 e. The van der Waals surface area contributed by atoms with Gasteiger partial charge >= 0.3 is 0 Å². The monoisotopic (exact) mass is 314 g/mol. The molecule has 2 aromatic carbocycles. The van der Waals surface area contributed by atoms with E-state index in [-0.39, 0.29) is 11.4 Å². The Morgan fingerprint density at radius 1 is 1.13 bits per heavy atom. The molecule has 1 heterocycles. The lowest BCUT2D eigenvalue weighted by molar-refractivity contribution is 0.102. The summed E-state index contributed by atoms with van der Waals surface area (Å²) in [5.41, 5.74) is 1.03. The van der Waals surface area contributed by atoms with Gasteiger partial charge in [0.15, 0.2) is 5.69 Å². The Morgan fingerprint density at radius 3 is 2.61 bits per heavy atom. The Labute approximate surface area is 130 Å². The lowest BCUT2D eigenvalue weighted by Crippen LogP contribution is -2.15. The minimum Gasteiger partial charge on any atom is -0.318 e. The van der Waals surface area contributed by atoms with Crippen molar-refractivity contribution < 1.29 is 13.6 Å². The molecule has 0 bridgehead atoms. The number of rotatable bonds is 3. The molecule has 116 valence electrons. The van der Waals surface area contributed by atoms with E-state index < -0.39 is 17.5 Å². The fourth-order valence-electron chi connectivity index (χ4n) is 2.13. The van der Waals surface area contributed by atoms with Gasteiger partial charge in [-0.05, 0) is 31.2 Å². The van der Waals surface area contributed by atoms with Crippen LogP contribution in [-0.4, -0.2) is 20.9 Å². The second-order valence-corrected chi connectivity index (χ2v) is 4.85. The van der Waals surface area contributed by atoms with Crippen LogP contribution in [0.2, 0.25) is 0 Å². The zero-order chi connectivity index (χ0) is 16.4. The largest absolute Gasteiger partial charge is 0.318 e. The summed E-state index contributed by atoms with van der Waals surface area (Å²) in [4.78, 5) is 12.2. The van der Waals surface area contributed by atoms with Crippen LogP contribution in [0.1, 0.15) is 16.2 Å². The van der Waals surface area contributed by atoms with Crippen molar-refractivity contribution in [1.29, 1.82) is 0 Å². The lowest BCUT2D eigenvalue weighted by Gasteiger charge is -2.06. The number of halogens is 2. The van der Waals surface area contributed by atoms with Gasteiger partial charge < -0.3 is 5.32 Å². The molecular formula is C16H12F2N4O. The van der Waals surface area contributed by atoms with E-state index in [1.807, 2.05) is 30.3 Å². The molecule has 23 heavy (non-hydrogen) atoms. The number of nitrogens with one attached hydrogen (secondary N) is 1. The van der Waals surface area contributed by atoms with E-state index >= 15 is 0 Å². The van der Waals surface area contributed by atoms with Crippen LogP contribution in [0.15, 0.2) is 48.5 Å². The molecular weight excluding hydrogens is 302 g/mol. The third kappa shape index (κ3) is 2.94. The van der Waals surface area contributed by atoms with Crippen molar-refractivity contribution in [2.75, 3.05) is 5.32 Å². The molecule has 0 unspecified atom stereocenters. The number of carbonyl (C=O) groups excluding carboxylic acids is 1. The number of nitrogens with zero attached hydrogens (tertiary/aromatic N) is 3. The van der Waals surface area contributed by atoms with Crippen molar-refractivity contribution >= 4 is 11.6 Å². The molecule has 0 radical (unpaired) electrons. The van der Waals surface area contributed by atoms with E-state index in [1.165, 1.54) is 4.68 Å². The first-order valence-corrected chi connectivity index (χ1v) is 6.80. The zero-order valence-electron chi connectivity index (χ0n) is 12.1. The zero-order valence-corrected chi connectivity index (χ0v) is 12.1. The predicted octanol–water partition coefficient (Wildman–Crippen LogP) is 3.11. The van der Waals surface area contributed by atoms with E-state index in [1.54, 1.807) is 6.92 Å². The second-order valence-electron chi connectivity index (χ2n) is 4.85. The Morgan fingerprint density at radius 2 is 1.87 bits per heavy atom. The number of carbonyl (C=O) groups is 1. The van der Waals surface area contributed by atoms with Gasteiger partial charge in [-0.2, -0.15) is 0 Å². The number of hydrogen-bond donors (Lipinski definition) is 1. The molecule has 7 heteroatoms. The number of hydrogen-bond acceptors (Lipinski definition) is 3. The molecule has 1 amide bonds. The quantitative estimate of drug-likeness (QED) is 0.808. The van der Waals surface area contributed by atoms with Gasteiger partial charge in [-0.1, -0.05) is 23.4 Å². The molecule has 3 aromatic rings. The molecule has 0 spiro atoms. The Kier molecular flexibility index (Phi) is 3.84. The summed E-state index contributed by atoms with van der Waals surface area (Å²) in [6.07, 6.45) is 0. The van der Waals surface area contributed by atoms with Crippen molar-refractivity contribution in [3.8, 4) is 5.69 Å². The number of benzene rings is 2. The van der Waals surface area contributed by atoms with E-state index in [4.69, 9.17) is 0 Å². The summed E-state index contributed by atoms with van der Waals surface area (Å²) < 4.78 is 28.2. The molecule has 1 aromatic heterocycles. The van der Waals surface area contributed by atoms with Gasteiger partial charge in [0.2, 0.25) is 0 Å². The predicted molar refractivity (Wildman–Crippen MR) is 80.4 cm³/mol. The van der Waals surface area contributed by atoms with Crippen LogP contribution in [-0.2, 0) is 0 Å². The first-order chi connectivity index (χ1) is 11.1. The van der Waals surface area contributed by atoms with Crippen molar-refractivity contribution in [2.24, 2.45) is 0 Å². The third-order valence-corrected chi connectivity index (χ3v) is 3.29. The van der Waals surface area contributed by atoms with Crippen LogP contribution < -0.4 is 5.32 Å². The molecule has 0 saturated heterocycles. The molecule has 0 aliphatic rings. The summed E-state index contributed by atoms with van der Waals surface area (Å²) >= 11 is 0. The van der Waals surface area contributed by atoms with Gasteiger partial charge in [-0.3, -0.25) is 4.79 Å². The highest BCUT2D eigenvalue weighted by atomic mass is 19.1. The maximum atomic E-state index is 13.6. The van der Waals surface area contributed by atoms with Crippen molar-refractivity contribution in [3.05, 3.63) is 71.6 Å². The summed E-state index contributed by atoms with van der Waals surface area (Å²) in [5, 5.41) is 10.1. The molecule has 0 aliphatic heterocycles. The van der Waals surface area contributed by atoms with Gasteiger partial charge in [0, 0.05) is 6.07 Å². The number of aromatic nitrogens is 3. The normalized spacial score (nSPS) is 10.6. The standard InChI is InChI=1S/C16H12F2N4O/c1-10-15(20-21-22(10)12-5-3-2-4-6-12)16(23)19-14-9-11(17)7-8-13(14)18/h2-9H,1H3,(H,19,23). The Bertz CT molecular complexity index is 862. The average Bonchev–Trinajstić information content (AvgIpc) is 2.93. The van der Waals surface area contributed by atoms with E-state index in [2.05, 4.69) is 15.6 Å². The molecule has 0 aliphatic carbocycles. The average molecular weight is 314 g/mol. The van der Waals surface area contributed by atoms with Gasteiger partial charge in [-0.15, -0.1) is 5.10 Å². The number of para-hydroxylation sites is 1. The second kappa shape index (κ2) is 5.96. The van der Waals surface area contributed by atoms with Crippen molar-refractivity contribution in [1.82, 2.24) is 15.0 Å². The molecule has 0 saturated carbocycles. The fraction of sp³-hybridized carbons (Fsp3) is 0.0625. The maximum absolute atomic E-state index is 13.6. The van der Waals surface area contributed by atoms with E-state index in [0.717, 1.165) is 23.9 Å². The van der Waals surface area contributed by atoms with E-state index in [0.29, 0.717) is 5.69 Å². The van der Waals surface area contributed by atoms with Crippen LogP contribution >= 0.6 is 0 Å². The number of anilines is 1. The molecule has 3 rings (SSSR count). The summed E-state index contributed by atoms with van der Waals surface area (Å²) in [5.74, 6) is -2.03. The summed E-state index contributed by atoms with van der Waals surface area (Å²) in [6.45, 7) is 1.67. The summed E-state index contributed by atoms with van der Waals surface area (Å²) in [7, 11) is 0. The molecule has 1 N–H and O–H groups in total. The highest BCUT2D eigenvalue weighted by Crippen LogP contribution is 2.17. The van der Waals surface area contributed by atoms with Crippen LogP contribution in [0.25, 0.3) is 5.69 Å². The highest BCUT2D eigenvalue weighted by molar-refractivity contribution is 6.03. The van der Waals surface area contributed by atoms with Gasteiger partial charge in [-0.25, -0.2) is 13.5 Å². The van der Waals surface area contributed by atoms with Gasteiger partial charge in [0.1, 0.15) is 11.6 Å². The first kappa shape index (κ1) is 14.8. The van der Waals surface area contributed by atoms with E-state index in [9.17, 15) is 13.6 Å². The fourth-order valence-corrected chi connectivity index (χ4v) is 2.13. The molecule has 0 atom stereocenters. The topological polar surface area (TPSA) is 59.8 Å². The SMILES string of the molecule is Cc1c(C(=O)Nc2cc(F)ccc2F)nnn1-c1ccccc1. The minimum atomic E-state index is -0.729. The van der Waals surface area contributed by atoms with Crippen molar-refractivity contribution in [2.45, 2.75) is 6.92 Å². The summed E-state index contributed by atoms with van der Waals surface area (Å²) in [6, 6.07) is 12.0. The van der Waals surface area contributed by atoms with Gasteiger partial charge in [0.05, 0.1) is 17.1 Å². The first-order valence-electron chi connectivity index (χ1n) is 6.80. The Hall–Kier alpha value is -3.09.